The number of piperazine rings is 1. The lowest BCUT2D eigenvalue weighted by molar-refractivity contribution is -0.136. The van der Waals surface area contributed by atoms with Gasteiger partial charge in [0.05, 0.1) is 6.61 Å². The Morgan fingerprint density at radius 2 is 1.51 bits per heavy atom. The molecule has 2 saturated heterocycles. The van der Waals surface area contributed by atoms with E-state index in [4.69, 9.17) is 16.3 Å². The number of halogens is 1. The van der Waals surface area contributed by atoms with Crippen LogP contribution in [0.2, 0.25) is 5.02 Å². The molecule has 0 saturated carbocycles. The molecule has 2 amide bonds. The molecular formula is C28H36ClN3O3. The van der Waals surface area contributed by atoms with E-state index in [1.165, 1.54) is 5.56 Å². The Morgan fingerprint density at radius 1 is 0.886 bits per heavy atom. The summed E-state index contributed by atoms with van der Waals surface area (Å²) >= 11 is 6.02. The summed E-state index contributed by atoms with van der Waals surface area (Å²) in [5, 5.41) is 0.663. The van der Waals surface area contributed by atoms with Gasteiger partial charge in [-0.25, -0.2) is 0 Å². The van der Waals surface area contributed by atoms with Crippen molar-refractivity contribution in [2.45, 2.75) is 32.6 Å². The maximum Gasteiger partial charge on any atom is 0.253 e. The molecule has 6 nitrogen and oxygen atoms in total. The van der Waals surface area contributed by atoms with Gasteiger partial charge >= 0.3 is 0 Å². The number of hydrogen-bond donors (Lipinski definition) is 0. The van der Waals surface area contributed by atoms with Gasteiger partial charge in [-0.2, -0.15) is 0 Å². The van der Waals surface area contributed by atoms with Gasteiger partial charge in [-0.05, 0) is 68.3 Å². The van der Waals surface area contributed by atoms with E-state index in [0.29, 0.717) is 31.1 Å². The Labute approximate surface area is 213 Å². The molecule has 0 radical (unpaired) electrons. The van der Waals surface area contributed by atoms with Crippen LogP contribution in [0.4, 0.5) is 0 Å². The number of likely N-dealkylation sites (N-methyl/N-ethyl adjacent to an activating group) is 1. The summed E-state index contributed by atoms with van der Waals surface area (Å²) < 4.78 is 6.17. The van der Waals surface area contributed by atoms with Crippen LogP contribution in [0.25, 0.3) is 0 Å². The van der Waals surface area contributed by atoms with Crippen molar-refractivity contribution in [1.29, 1.82) is 0 Å². The van der Waals surface area contributed by atoms with Crippen LogP contribution in [0.15, 0.2) is 48.5 Å². The molecular weight excluding hydrogens is 462 g/mol. The molecule has 7 heteroatoms. The average Bonchev–Trinajstić information content (AvgIpc) is 2.89. The number of ether oxygens (including phenoxy) is 1. The molecule has 2 fully saturated rings. The Morgan fingerprint density at radius 3 is 2.11 bits per heavy atom. The molecule has 2 aliphatic rings. The van der Waals surface area contributed by atoms with Crippen molar-refractivity contribution in [2.75, 3.05) is 52.9 Å². The Bertz CT molecular complexity index is 993. The third-order valence-electron chi connectivity index (χ3n) is 7.46. The van der Waals surface area contributed by atoms with Crippen LogP contribution in [-0.2, 0) is 11.2 Å². The minimum atomic E-state index is -0.303. The van der Waals surface area contributed by atoms with Crippen molar-refractivity contribution in [2.24, 2.45) is 5.41 Å². The van der Waals surface area contributed by atoms with Crippen LogP contribution in [-0.4, -0.2) is 79.4 Å². The summed E-state index contributed by atoms with van der Waals surface area (Å²) in [4.78, 5) is 32.6. The number of hydrogen-bond acceptors (Lipinski definition) is 4. The van der Waals surface area contributed by atoms with Gasteiger partial charge < -0.3 is 19.4 Å². The molecule has 0 bridgehead atoms. The van der Waals surface area contributed by atoms with Gasteiger partial charge in [0.2, 0.25) is 5.91 Å². The highest BCUT2D eigenvalue weighted by molar-refractivity contribution is 6.30. The fourth-order valence-corrected chi connectivity index (χ4v) is 5.00. The van der Waals surface area contributed by atoms with Crippen molar-refractivity contribution in [3.8, 4) is 5.75 Å². The highest BCUT2D eigenvalue weighted by Crippen LogP contribution is 2.37. The Kier molecular flexibility index (Phi) is 8.34. The van der Waals surface area contributed by atoms with Crippen LogP contribution < -0.4 is 4.74 Å². The number of carbonyl (C=O) groups is 2. The van der Waals surface area contributed by atoms with Gasteiger partial charge in [0.25, 0.3) is 5.91 Å². The SMILES string of the molecule is CCc1ccc(C(=O)N2CCC(COc3ccc(Cl)cc3)(CC(=O)N3CCN(C)CC3)CC2)cc1. The fourth-order valence-electron chi connectivity index (χ4n) is 4.88. The van der Waals surface area contributed by atoms with E-state index in [2.05, 4.69) is 18.9 Å². The highest BCUT2D eigenvalue weighted by atomic mass is 35.5. The van der Waals surface area contributed by atoms with E-state index >= 15 is 0 Å². The van der Waals surface area contributed by atoms with Crippen molar-refractivity contribution < 1.29 is 14.3 Å². The number of piperidine rings is 1. The fraction of sp³-hybridized carbons (Fsp3) is 0.500. The lowest BCUT2D eigenvalue weighted by Crippen LogP contribution is -2.51. The molecule has 2 heterocycles. The molecule has 2 aliphatic heterocycles. The first-order valence-electron chi connectivity index (χ1n) is 12.6. The van der Waals surface area contributed by atoms with Crippen molar-refractivity contribution in [1.82, 2.24) is 14.7 Å². The van der Waals surface area contributed by atoms with Gasteiger partial charge in [-0.1, -0.05) is 30.7 Å². The minimum Gasteiger partial charge on any atom is -0.493 e. The summed E-state index contributed by atoms with van der Waals surface area (Å²) in [5.41, 5.74) is 1.64. The van der Waals surface area contributed by atoms with Gasteiger partial charge in [0.15, 0.2) is 0 Å². The molecule has 0 atom stereocenters. The Hall–Kier alpha value is -2.57. The normalized spacial score (nSPS) is 18.4. The molecule has 188 valence electrons. The monoisotopic (exact) mass is 497 g/mol. The van der Waals surface area contributed by atoms with E-state index in [-0.39, 0.29) is 17.2 Å². The zero-order valence-corrected chi connectivity index (χ0v) is 21.6. The molecule has 4 rings (SSSR count). The molecule has 35 heavy (non-hydrogen) atoms. The van der Waals surface area contributed by atoms with E-state index < -0.39 is 0 Å². The highest BCUT2D eigenvalue weighted by Gasteiger charge is 2.40. The number of likely N-dealkylation sites (tertiary alicyclic amines) is 1. The number of nitrogens with zero attached hydrogens (tertiary/aromatic N) is 3. The third kappa shape index (κ3) is 6.56. The summed E-state index contributed by atoms with van der Waals surface area (Å²) in [6, 6.07) is 15.2. The number of amides is 2. The molecule has 0 aromatic heterocycles. The van der Waals surface area contributed by atoms with Crippen molar-refractivity contribution in [3.05, 3.63) is 64.7 Å². The predicted octanol–water partition coefficient (Wildman–Crippen LogP) is 4.37. The number of benzene rings is 2. The topological polar surface area (TPSA) is 53.1 Å². The maximum absolute atomic E-state index is 13.3. The summed E-state index contributed by atoms with van der Waals surface area (Å²) in [7, 11) is 2.09. The second-order valence-electron chi connectivity index (χ2n) is 9.95. The predicted molar refractivity (Wildman–Crippen MR) is 139 cm³/mol. The lowest BCUT2D eigenvalue weighted by Gasteiger charge is -2.42. The first-order valence-corrected chi connectivity index (χ1v) is 13.0. The van der Waals surface area contributed by atoms with E-state index in [1.54, 1.807) is 0 Å². The quantitative estimate of drug-likeness (QED) is 0.570. The lowest BCUT2D eigenvalue weighted by atomic mass is 9.75. The number of aryl methyl sites for hydroxylation is 1. The van der Waals surface area contributed by atoms with Gasteiger partial charge in [-0.3, -0.25) is 9.59 Å². The van der Waals surface area contributed by atoms with Crippen LogP contribution in [0.3, 0.4) is 0 Å². The van der Waals surface area contributed by atoms with Crippen LogP contribution in [0.1, 0.15) is 42.1 Å². The van der Waals surface area contributed by atoms with E-state index in [0.717, 1.165) is 56.8 Å². The average molecular weight is 498 g/mol. The summed E-state index contributed by atoms with van der Waals surface area (Å²) in [6.45, 7) is 7.13. The van der Waals surface area contributed by atoms with E-state index in [1.807, 2.05) is 58.3 Å². The second kappa shape index (κ2) is 11.4. The second-order valence-corrected chi connectivity index (χ2v) is 10.4. The maximum atomic E-state index is 13.3. The third-order valence-corrected chi connectivity index (χ3v) is 7.71. The van der Waals surface area contributed by atoms with Crippen LogP contribution in [0.5, 0.6) is 5.75 Å². The zero-order chi connectivity index (χ0) is 24.8. The van der Waals surface area contributed by atoms with Gasteiger partial charge in [0.1, 0.15) is 5.75 Å². The molecule has 2 aromatic rings. The standard InChI is InChI=1S/C28H36ClN3O3/c1-3-22-4-6-23(7-5-22)27(34)32-14-12-28(13-15-32,21-35-25-10-8-24(29)9-11-25)20-26(33)31-18-16-30(2)17-19-31/h4-11H,3,12-21H2,1-2H3. The van der Waals surface area contributed by atoms with Crippen LogP contribution in [0, 0.1) is 5.41 Å². The number of carbonyl (C=O) groups excluding carboxylic acids is 2. The largest absolute Gasteiger partial charge is 0.493 e. The van der Waals surface area contributed by atoms with E-state index in [9.17, 15) is 9.59 Å². The van der Waals surface area contributed by atoms with Crippen molar-refractivity contribution in [3.63, 3.8) is 0 Å². The van der Waals surface area contributed by atoms with Gasteiger partial charge in [-0.15, -0.1) is 0 Å². The van der Waals surface area contributed by atoms with Crippen LogP contribution >= 0.6 is 11.6 Å². The Balaban J connectivity index is 1.43. The molecule has 0 aliphatic carbocycles. The van der Waals surface area contributed by atoms with Gasteiger partial charge in [0, 0.05) is 61.7 Å². The molecule has 0 spiro atoms. The molecule has 0 N–H and O–H groups in total. The van der Waals surface area contributed by atoms with Crippen molar-refractivity contribution >= 4 is 23.4 Å². The molecule has 0 unspecified atom stereocenters. The first kappa shape index (κ1) is 25.5. The number of rotatable bonds is 7. The summed E-state index contributed by atoms with van der Waals surface area (Å²) in [5.74, 6) is 0.994. The minimum absolute atomic E-state index is 0.0604. The summed E-state index contributed by atoms with van der Waals surface area (Å²) in [6.07, 6.45) is 2.87. The smallest absolute Gasteiger partial charge is 0.253 e. The zero-order valence-electron chi connectivity index (χ0n) is 20.8. The molecule has 2 aromatic carbocycles. The first-order chi connectivity index (χ1) is 16.9.